The van der Waals surface area contributed by atoms with Crippen molar-refractivity contribution in [2.75, 3.05) is 0 Å². The van der Waals surface area contributed by atoms with Crippen molar-refractivity contribution in [2.24, 2.45) is 18.2 Å². The summed E-state index contributed by atoms with van der Waals surface area (Å²) in [6.45, 7) is 4.32. The maximum atomic E-state index is 5.99. The second-order valence-corrected chi connectivity index (χ2v) is 4.71. The molecule has 0 aromatic carbocycles. The molecule has 72 valence electrons. The van der Waals surface area contributed by atoms with Gasteiger partial charge in [-0.05, 0) is 5.41 Å². The molecule has 2 rings (SSSR count). The van der Waals surface area contributed by atoms with E-state index in [9.17, 15) is 0 Å². The summed E-state index contributed by atoms with van der Waals surface area (Å²) in [6, 6.07) is 0.209. The molecule has 0 spiro atoms. The van der Waals surface area contributed by atoms with Crippen molar-refractivity contribution in [3.8, 4) is 0 Å². The van der Waals surface area contributed by atoms with E-state index in [4.69, 9.17) is 17.3 Å². The van der Waals surface area contributed by atoms with E-state index in [0.717, 1.165) is 5.69 Å². The molecule has 0 saturated heterocycles. The standard InChI is InChI=1S/C9H14ClN3/c1-9(2)5(7(9)11)6-8(10)12-4-13(6)3/h4-5,7H,11H2,1-3H3. The molecule has 2 atom stereocenters. The summed E-state index contributed by atoms with van der Waals surface area (Å²) < 4.78 is 1.96. The number of aryl methyl sites for hydroxylation is 1. The summed E-state index contributed by atoms with van der Waals surface area (Å²) >= 11 is 5.99. The largest absolute Gasteiger partial charge is 0.336 e. The molecule has 13 heavy (non-hydrogen) atoms. The fourth-order valence-corrected chi connectivity index (χ4v) is 2.25. The molecule has 2 N–H and O–H groups in total. The molecule has 1 aromatic heterocycles. The summed E-state index contributed by atoms with van der Waals surface area (Å²) in [5.74, 6) is 0.354. The quantitative estimate of drug-likeness (QED) is 0.746. The van der Waals surface area contributed by atoms with E-state index in [0.29, 0.717) is 11.1 Å². The van der Waals surface area contributed by atoms with Gasteiger partial charge in [-0.1, -0.05) is 25.4 Å². The van der Waals surface area contributed by atoms with Crippen LogP contribution >= 0.6 is 11.6 Å². The summed E-state index contributed by atoms with van der Waals surface area (Å²) in [6.07, 6.45) is 1.73. The molecule has 1 fully saturated rings. The molecule has 1 aromatic rings. The van der Waals surface area contributed by atoms with Gasteiger partial charge in [0.1, 0.15) is 0 Å². The fourth-order valence-electron chi connectivity index (χ4n) is 1.96. The Labute approximate surface area is 82.9 Å². The smallest absolute Gasteiger partial charge is 0.150 e. The number of halogens is 1. The molecule has 2 unspecified atom stereocenters. The third kappa shape index (κ3) is 1.11. The van der Waals surface area contributed by atoms with Gasteiger partial charge in [0.05, 0.1) is 12.0 Å². The van der Waals surface area contributed by atoms with Crippen LogP contribution in [0.3, 0.4) is 0 Å². The highest BCUT2D eigenvalue weighted by molar-refractivity contribution is 6.30. The first-order valence-corrected chi connectivity index (χ1v) is 4.76. The normalized spacial score (nSPS) is 30.5. The first kappa shape index (κ1) is 9.03. The molecule has 0 radical (unpaired) electrons. The van der Waals surface area contributed by atoms with Crippen LogP contribution in [0.25, 0.3) is 0 Å². The van der Waals surface area contributed by atoms with Crippen LogP contribution in [0.4, 0.5) is 0 Å². The molecular formula is C9H14ClN3. The first-order chi connectivity index (χ1) is 5.96. The molecule has 0 aliphatic heterocycles. The van der Waals surface area contributed by atoms with E-state index in [1.165, 1.54) is 0 Å². The van der Waals surface area contributed by atoms with Crippen molar-refractivity contribution < 1.29 is 0 Å². The van der Waals surface area contributed by atoms with Crippen LogP contribution in [0.15, 0.2) is 6.33 Å². The Bertz CT molecular complexity index is 323. The minimum Gasteiger partial charge on any atom is -0.336 e. The Balaban J connectivity index is 2.39. The Hall–Kier alpha value is -0.540. The van der Waals surface area contributed by atoms with Crippen LogP contribution in [0.5, 0.6) is 0 Å². The topological polar surface area (TPSA) is 43.8 Å². The van der Waals surface area contributed by atoms with Crippen LogP contribution in [-0.2, 0) is 7.05 Å². The number of nitrogens with zero attached hydrogens (tertiary/aromatic N) is 2. The summed E-state index contributed by atoms with van der Waals surface area (Å²) in [5, 5.41) is 0.591. The van der Waals surface area contributed by atoms with Crippen molar-refractivity contribution in [2.45, 2.75) is 25.8 Å². The SMILES string of the molecule is Cn1cnc(Cl)c1C1C(N)C1(C)C. The maximum Gasteiger partial charge on any atom is 0.150 e. The minimum atomic E-state index is 0.164. The third-order valence-corrected chi connectivity index (χ3v) is 3.43. The molecular weight excluding hydrogens is 186 g/mol. The molecule has 3 nitrogen and oxygen atoms in total. The van der Waals surface area contributed by atoms with Crippen LogP contribution in [-0.4, -0.2) is 15.6 Å². The highest BCUT2D eigenvalue weighted by Crippen LogP contribution is 2.58. The lowest BCUT2D eigenvalue weighted by Crippen LogP contribution is -2.07. The number of aromatic nitrogens is 2. The zero-order valence-corrected chi connectivity index (χ0v) is 8.84. The predicted octanol–water partition coefficient (Wildman–Crippen LogP) is 1.52. The highest BCUT2D eigenvalue weighted by Gasteiger charge is 2.58. The van der Waals surface area contributed by atoms with Crippen molar-refractivity contribution in [1.29, 1.82) is 0 Å². The van der Waals surface area contributed by atoms with E-state index in [-0.39, 0.29) is 11.5 Å². The van der Waals surface area contributed by atoms with Gasteiger partial charge in [-0.25, -0.2) is 4.98 Å². The van der Waals surface area contributed by atoms with Gasteiger partial charge in [0.25, 0.3) is 0 Å². The second kappa shape index (κ2) is 2.49. The average Bonchev–Trinajstić information content (AvgIpc) is 2.40. The van der Waals surface area contributed by atoms with Crippen LogP contribution in [0.1, 0.15) is 25.5 Å². The minimum absolute atomic E-state index is 0.164. The summed E-state index contributed by atoms with van der Waals surface area (Å²) in [7, 11) is 1.95. The Morgan fingerprint density at radius 1 is 1.62 bits per heavy atom. The monoisotopic (exact) mass is 199 g/mol. The van der Waals surface area contributed by atoms with Crippen molar-refractivity contribution in [1.82, 2.24) is 9.55 Å². The number of rotatable bonds is 1. The van der Waals surface area contributed by atoms with Gasteiger partial charge in [0.2, 0.25) is 0 Å². The van der Waals surface area contributed by atoms with Gasteiger partial charge in [-0.15, -0.1) is 0 Å². The Morgan fingerprint density at radius 3 is 2.46 bits per heavy atom. The zero-order chi connectivity index (χ0) is 9.80. The number of imidazole rings is 1. The van der Waals surface area contributed by atoms with Gasteiger partial charge in [-0.2, -0.15) is 0 Å². The summed E-state index contributed by atoms with van der Waals surface area (Å²) in [4.78, 5) is 4.05. The van der Waals surface area contributed by atoms with E-state index in [1.807, 2.05) is 11.6 Å². The molecule has 4 heteroatoms. The third-order valence-electron chi connectivity index (χ3n) is 3.14. The van der Waals surface area contributed by atoms with Crippen molar-refractivity contribution >= 4 is 11.6 Å². The van der Waals surface area contributed by atoms with Gasteiger partial charge in [0, 0.05) is 19.0 Å². The van der Waals surface area contributed by atoms with Gasteiger partial charge >= 0.3 is 0 Å². The predicted molar refractivity (Wildman–Crippen MR) is 52.7 cm³/mol. The molecule has 1 heterocycles. The molecule has 1 saturated carbocycles. The van der Waals surface area contributed by atoms with Crippen LogP contribution < -0.4 is 5.73 Å². The van der Waals surface area contributed by atoms with E-state index >= 15 is 0 Å². The second-order valence-electron chi connectivity index (χ2n) is 4.36. The average molecular weight is 200 g/mol. The van der Waals surface area contributed by atoms with Crippen LogP contribution in [0, 0.1) is 5.41 Å². The van der Waals surface area contributed by atoms with Gasteiger partial charge < -0.3 is 10.3 Å². The molecule has 1 aliphatic rings. The van der Waals surface area contributed by atoms with Gasteiger partial charge in [-0.3, -0.25) is 0 Å². The van der Waals surface area contributed by atoms with Crippen molar-refractivity contribution in [3.63, 3.8) is 0 Å². The summed E-state index contributed by atoms with van der Waals surface area (Å²) in [5.41, 5.74) is 7.21. The lowest BCUT2D eigenvalue weighted by atomic mass is 10.1. The van der Waals surface area contributed by atoms with E-state index in [2.05, 4.69) is 18.8 Å². The molecule has 0 bridgehead atoms. The fraction of sp³-hybridized carbons (Fsp3) is 0.667. The number of hydrogen-bond donors (Lipinski definition) is 1. The number of hydrogen-bond acceptors (Lipinski definition) is 2. The lowest BCUT2D eigenvalue weighted by molar-refractivity contribution is 0.589. The maximum absolute atomic E-state index is 5.99. The Kier molecular flexibility index (Phi) is 1.73. The molecule has 0 amide bonds. The van der Waals surface area contributed by atoms with Crippen molar-refractivity contribution in [3.05, 3.63) is 17.2 Å². The van der Waals surface area contributed by atoms with Gasteiger partial charge in [0.15, 0.2) is 5.15 Å². The van der Waals surface area contributed by atoms with E-state index < -0.39 is 0 Å². The number of nitrogens with two attached hydrogens (primary N) is 1. The zero-order valence-electron chi connectivity index (χ0n) is 8.08. The lowest BCUT2D eigenvalue weighted by Gasteiger charge is -2.03. The first-order valence-electron chi connectivity index (χ1n) is 4.38. The highest BCUT2D eigenvalue weighted by atomic mass is 35.5. The molecule has 1 aliphatic carbocycles. The van der Waals surface area contributed by atoms with Crippen LogP contribution in [0.2, 0.25) is 5.15 Å². The Morgan fingerprint density at radius 2 is 2.15 bits per heavy atom. The van der Waals surface area contributed by atoms with E-state index in [1.54, 1.807) is 6.33 Å².